The molecule has 4 rings (SSSR count). The van der Waals surface area contributed by atoms with Crippen LogP contribution in [0.15, 0.2) is 64.3 Å². The van der Waals surface area contributed by atoms with Crippen LogP contribution in [0.4, 0.5) is 0 Å². The fraction of sp³-hybridized carbons (Fsp3) is 0.385. The third-order valence-electron chi connectivity index (χ3n) is 5.65. The van der Waals surface area contributed by atoms with E-state index in [4.69, 9.17) is 19.8 Å². The quantitative estimate of drug-likeness (QED) is 0.508. The third-order valence-corrected chi connectivity index (χ3v) is 5.65. The van der Waals surface area contributed by atoms with Crippen LogP contribution in [0.1, 0.15) is 61.3 Å². The van der Waals surface area contributed by atoms with E-state index in [1.54, 1.807) is 4.90 Å². The molecule has 2 aromatic carbocycles. The van der Waals surface area contributed by atoms with E-state index in [9.17, 15) is 4.79 Å². The molecule has 184 valence electrons. The van der Waals surface area contributed by atoms with Crippen molar-refractivity contribution in [2.24, 2.45) is 10.9 Å². The van der Waals surface area contributed by atoms with E-state index in [1.165, 1.54) is 7.11 Å². The molecule has 1 aliphatic heterocycles. The Balaban J connectivity index is 1.54. The van der Waals surface area contributed by atoms with Crippen molar-refractivity contribution in [3.8, 4) is 11.1 Å². The molecule has 2 atom stereocenters. The van der Waals surface area contributed by atoms with E-state index in [2.05, 4.69) is 15.3 Å². The first-order valence-corrected chi connectivity index (χ1v) is 11.5. The van der Waals surface area contributed by atoms with Crippen LogP contribution < -0.4 is 5.73 Å². The number of likely N-dealkylation sites (tertiary alicyclic amines) is 1. The summed E-state index contributed by atoms with van der Waals surface area (Å²) >= 11 is 0. The van der Waals surface area contributed by atoms with E-state index < -0.39 is 12.1 Å². The Morgan fingerprint density at radius 3 is 2.51 bits per heavy atom. The van der Waals surface area contributed by atoms with E-state index in [0.717, 1.165) is 16.8 Å². The normalized spacial score (nSPS) is 18.1. The van der Waals surface area contributed by atoms with E-state index in [0.29, 0.717) is 24.4 Å². The van der Waals surface area contributed by atoms with Gasteiger partial charge in [-0.3, -0.25) is 4.79 Å². The summed E-state index contributed by atoms with van der Waals surface area (Å²) in [7, 11) is 1.48. The standard InChI is InChI=1S/C26H31N5O4/c1-26(2,3)34-16-21(27)24-28-23(30-35-24)22-14-20(29-33-4)15-31(22)25(32)19-12-10-18(11-13-19)17-8-6-5-7-9-17/h5-13,21-22H,14-16,27H2,1-4H3/b29-20+/t21-,22-/m0/s1. The molecule has 1 amide bonds. The molecule has 0 spiro atoms. The van der Waals surface area contributed by atoms with Crippen LogP contribution in [0.3, 0.4) is 0 Å². The van der Waals surface area contributed by atoms with Gasteiger partial charge in [-0.1, -0.05) is 52.8 Å². The molecule has 0 bridgehead atoms. The van der Waals surface area contributed by atoms with Gasteiger partial charge in [0.2, 0.25) is 5.89 Å². The summed E-state index contributed by atoms with van der Waals surface area (Å²) in [4.78, 5) is 24.6. The smallest absolute Gasteiger partial charge is 0.254 e. The molecule has 35 heavy (non-hydrogen) atoms. The van der Waals surface area contributed by atoms with Crippen LogP contribution in [0.25, 0.3) is 11.1 Å². The van der Waals surface area contributed by atoms with Gasteiger partial charge in [0, 0.05) is 12.0 Å². The van der Waals surface area contributed by atoms with Gasteiger partial charge in [-0.2, -0.15) is 4.98 Å². The number of amides is 1. The molecule has 3 aromatic rings. The second-order valence-electron chi connectivity index (χ2n) is 9.46. The molecule has 1 aliphatic rings. The van der Waals surface area contributed by atoms with Gasteiger partial charge in [0.25, 0.3) is 5.91 Å². The number of hydrogen-bond acceptors (Lipinski definition) is 8. The summed E-state index contributed by atoms with van der Waals surface area (Å²) in [5.74, 6) is 0.491. The lowest BCUT2D eigenvalue weighted by atomic mass is 10.0. The molecular formula is C26H31N5O4. The van der Waals surface area contributed by atoms with E-state index >= 15 is 0 Å². The summed E-state index contributed by atoms with van der Waals surface area (Å²) < 4.78 is 11.2. The predicted molar refractivity (Wildman–Crippen MR) is 132 cm³/mol. The zero-order chi connectivity index (χ0) is 25.0. The van der Waals surface area contributed by atoms with Crippen LogP contribution in [0.2, 0.25) is 0 Å². The Morgan fingerprint density at radius 2 is 1.86 bits per heavy atom. The molecule has 0 radical (unpaired) electrons. The molecular weight excluding hydrogens is 446 g/mol. The van der Waals surface area contributed by atoms with Crippen molar-refractivity contribution in [3.63, 3.8) is 0 Å². The van der Waals surface area contributed by atoms with Crippen molar-refractivity contribution in [2.45, 2.75) is 44.9 Å². The largest absolute Gasteiger partial charge is 0.399 e. The lowest BCUT2D eigenvalue weighted by Crippen LogP contribution is -2.32. The molecule has 1 fully saturated rings. The maximum atomic E-state index is 13.5. The first-order chi connectivity index (χ1) is 16.7. The monoisotopic (exact) mass is 477 g/mol. The Hall–Kier alpha value is -3.56. The maximum Gasteiger partial charge on any atom is 0.254 e. The minimum Gasteiger partial charge on any atom is -0.399 e. The number of benzene rings is 2. The minimum absolute atomic E-state index is 0.150. The first kappa shape index (κ1) is 24.6. The molecule has 9 heteroatoms. The van der Waals surface area contributed by atoms with Crippen molar-refractivity contribution < 1.29 is 18.9 Å². The highest BCUT2D eigenvalue weighted by Crippen LogP contribution is 2.32. The van der Waals surface area contributed by atoms with Crippen molar-refractivity contribution in [2.75, 3.05) is 20.3 Å². The molecule has 0 aliphatic carbocycles. The number of aromatic nitrogens is 2. The van der Waals surface area contributed by atoms with Crippen molar-refractivity contribution in [3.05, 3.63) is 71.9 Å². The first-order valence-electron chi connectivity index (χ1n) is 11.5. The summed E-state index contributed by atoms with van der Waals surface area (Å²) in [6.45, 7) is 6.39. The van der Waals surface area contributed by atoms with Crippen molar-refractivity contribution in [1.29, 1.82) is 0 Å². The number of oxime groups is 1. The van der Waals surface area contributed by atoms with Gasteiger partial charge in [-0.05, 0) is 44.0 Å². The number of carbonyl (C=O) groups excluding carboxylic acids is 1. The lowest BCUT2D eigenvalue weighted by molar-refractivity contribution is -0.0134. The second kappa shape index (κ2) is 10.4. The number of nitrogens with two attached hydrogens (primary N) is 1. The SMILES string of the molecule is CO/N=C1\C[C@@H](c2noc([C@@H](N)COC(C)(C)C)n2)N(C(=O)c2ccc(-c3ccccc3)cc2)C1. The Morgan fingerprint density at radius 1 is 1.17 bits per heavy atom. The average molecular weight is 478 g/mol. The Labute approximate surface area is 204 Å². The van der Waals surface area contributed by atoms with Gasteiger partial charge in [-0.15, -0.1) is 0 Å². The van der Waals surface area contributed by atoms with Crippen molar-refractivity contribution >= 4 is 11.6 Å². The van der Waals surface area contributed by atoms with Gasteiger partial charge in [0.05, 0.1) is 24.5 Å². The van der Waals surface area contributed by atoms with Crippen molar-refractivity contribution in [1.82, 2.24) is 15.0 Å². The summed E-state index contributed by atoms with van der Waals surface area (Å²) in [5.41, 5.74) is 9.26. The lowest BCUT2D eigenvalue weighted by Gasteiger charge is -2.22. The maximum absolute atomic E-state index is 13.5. The molecule has 0 unspecified atom stereocenters. The van der Waals surface area contributed by atoms with E-state index in [-0.39, 0.29) is 24.0 Å². The number of nitrogens with zero attached hydrogens (tertiary/aromatic N) is 4. The molecule has 2 heterocycles. The second-order valence-corrected chi connectivity index (χ2v) is 9.46. The summed E-state index contributed by atoms with van der Waals surface area (Å²) in [5, 5.41) is 8.20. The number of carbonyl (C=O) groups is 1. The summed E-state index contributed by atoms with van der Waals surface area (Å²) in [6.07, 6.45) is 0.439. The highest BCUT2D eigenvalue weighted by atomic mass is 16.6. The average Bonchev–Trinajstić information content (AvgIpc) is 3.50. The highest BCUT2D eigenvalue weighted by Gasteiger charge is 2.38. The molecule has 2 N–H and O–H groups in total. The minimum atomic E-state index is -0.571. The van der Waals surface area contributed by atoms with Gasteiger partial charge in [-0.25, -0.2) is 0 Å². The molecule has 1 saturated heterocycles. The Bertz CT molecular complexity index is 1170. The van der Waals surface area contributed by atoms with Gasteiger partial charge < -0.3 is 24.7 Å². The number of rotatable bonds is 7. The zero-order valence-electron chi connectivity index (χ0n) is 20.5. The van der Waals surface area contributed by atoms with Crippen LogP contribution in [0.5, 0.6) is 0 Å². The van der Waals surface area contributed by atoms with Gasteiger partial charge in [0.1, 0.15) is 19.2 Å². The zero-order valence-corrected chi connectivity index (χ0v) is 20.5. The number of ether oxygens (including phenoxy) is 1. The van der Waals surface area contributed by atoms with E-state index in [1.807, 2.05) is 75.4 Å². The predicted octanol–water partition coefficient (Wildman–Crippen LogP) is 4.14. The van der Waals surface area contributed by atoms with Gasteiger partial charge in [0.15, 0.2) is 5.82 Å². The molecule has 0 saturated carbocycles. The number of hydrogen-bond donors (Lipinski definition) is 1. The third kappa shape index (κ3) is 5.93. The fourth-order valence-electron chi connectivity index (χ4n) is 3.89. The van der Waals surface area contributed by atoms with Crippen LogP contribution in [-0.2, 0) is 9.57 Å². The van der Waals surface area contributed by atoms with Crippen LogP contribution in [-0.4, -0.2) is 52.5 Å². The topological polar surface area (TPSA) is 116 Å². The molecule has 9 nitrogen and oxygen atoms in total. The van der Waals surface area contributed by atoms with Crippen LogP contribution >= 0.6 is 0 Å². The Kier molecular flexibility index (Phi) is 7.28. The fourth-order valence-corrected chi connectivity index (χ4v) is 3.89. The highest BCUT2D eigenvalue weighted by molar-refractivity contribution is 6.00. The van der Waals surface area contributed by atoms with Crippen LogP contribution in [0, 0.1) is 0 Å². The molecule has 1 aromatic heterocycles. The summed E-state index contributed by atoms with van der Waals surface area (Å²) in [6, 6.07) is 16.5. The van der Waals surface area contributed by atoms with Gasteiger partial charge >= 0.3 is 0 Å².